The van der Waals surface area contributed by atoms with Gasteiger partial charge in [0.1, 0.15) is 11.5 Å². The zero-order valence-electron chi connectivity index (χ0n) is 11.1. The van der Waals surface area contributed by atoms with Crippen molar-refractivity contribution < 1.29 is 19.1 Å². The minimum Gasteiger partial charge on any atom is -0.482 e. The van der Waals surface area contributed by atoms with Crippen LogP contribution in [0.4, 0.5) is 0 Å². The summed E-state index contributed by atoms with van der Waals surface area (Å²) in [5.74, 6) is 0.154. The van der Waals surface area contributed by atoms with Crippen molar-refractivity contribution in [2.75, 3.05) is 0 Å². The van der Waals surface area contributed by atoms with E-state index in [2.05, 4.69) is 0 Å². The Hall–Kier alpha value is -2.23. The summed E-state index contributed by atoms with van der Waals surface area (Å²) in [4.78, 5) is 10.8. The Kier molecular flexibility index (Phi) is 3.60. The van der Waals surface area contributed by atoms with E-state index in [1.165, 1.54) is 6.07 Å². The predicted octanol–water partition coefficient (Wildman–Crippen LogP) is 3.73. The number of benzene rings is 1. The van der Waals surface area contributed by atoms with Crippen LogP contribution >= 0.6 is 0 Å². The van der Waals surface area contributed by atoms with Crippen molar-refractivity contribution in [2.24, 2.45) is 0 Å². The van der Waals surface area contributed by atoms with Crippen molar-refractivity contribution in [3.05, 3.63) is 53.0 Å². The third kappa shape index (κ3) is 2.78. The van der Waals surface area contributed by atoms with Crippen LogP contribution in [0.1, 0.15) is 40.5 Å². The lowest BCUT2D eigenvalue weighted by Gasteiger charge is -2.16. The van der Waals surface area contributed by atoms with Gasteiger partial charge in [0.15, 0.2) is 6.10 Å². The molecule has 4 nitrogen and oxygen atoms in total. The Labute approximate surface area is 111 Å². The maximum Gasteiger partial charge on any atom is 0.371 e. The first-order valence-corrected chi connectivity index (χ1v) is 6.05. The number of carboxylic acid groups (broad SMARTS) is 1. The number of aryl methyl sites for hydroxylation is 2. The van der Waals surface area contributed by atoms with Crippen molar-refractivity contribution in [2.45, 2.75) is 26.9 Å². The molecule has 0 fully saturated rings. The number of carbonyl (C=O) groups is 1. The SMILES string of the molecule is Cc1cccc(C)c1OC(C)c1ccc(C(=O)O)o1. The van der Waals surface area contributed by atoms with Crippen molar-refractivity contribution in [1.29, 1.82) is 0 Å². The van der Waals surface area contributed by atoms with Crippen molar-refractivity contribution >= 4 is 5.97 Å². The standard InChI is InChI=1S/C15H16O4/c1-9-5-4-6-10(2)14(9)18-11(3)12-7-8-13(19-12)15(16)17/h4-8,11H,1-3H3,(H,16,17). The molecule has 2 rings (SSSR count). The van der Waals surface area contributed by atoms with Crippen LogP contribution in [0.2, 0.25) is 0 Å². The topological polar surface area (TPSA) is 59.7 Å². The lowest BCUT2D eigenvalue weighted by molar-refractivity contribution is 0.0655. The molecule has 0 spiro atoms. The molecule has 0 aliphatic rings. The minimum atomic E-state index is -1.08. The van der Waals surface area contributed by atoms with Gasteiger partial charge in [-0.3, -0.25) is 0 Å². The fourth-order valence-corrected chi connectivity index (χ4v) is 1.91. The molecule has 1 atom stereocenters. The summed E-state index contributed by atoms with van der Waals surface area (Å²) < 4.78 is 11.1. The molecule has 2 aromatic rings. The zero-order valence-corrected chi connectivity index (χ0v) is 11.1. The van der Waals surface area contributed by atoms with E-state index >= 15 is 0 Å². The number of furan rings is 1. The molecule has 1 aromatic heterocycles. The number of hydrogen-bond donors (Lipinski definition) is 1. The van der Waals surface area contributed by atoms with Gasteiger partial charge in [0.25, 0.3) is 0 Å². The number of ether oxygens (including phenoxy) is 1. The highest BCUT2D eigenvalue weighted by Gasteiger charge is 2.16. The van der Waals surface area contributed by atoms with Crippen LogP contribution < -0.4 is 4.74 Å². The molecule has 100 valence electrons. The molecular formula is C15H16O4. The Morgan fingerprint density at radius 1 is 1.21 bits per heavy atom. The van der Waals surface area contributed by atoms with Crippen LogP contribution in [0, 0.1) is 13.8 Å². The third-order valence-corrected chi connectivity index (χ3v) is 2.94. The Morgan fingerprint density at radius 2 is 1.84 bits per heavy atom. The van der Waals surface area contributed by atoms with E-state index in [0.29, 0.717) is 5.76 Å². The molecule has 1 aromatic carbocycles. The largest absolute Gasteiger partial charge is 0.482 e. The summed E-state index contributed by atoms with van der Waals surface area (Å²) in [6.45, 7) is 5.77. The van der Waals surface area contributed by atoms with E-state index in [9.17, 15) is 4.79 Å². The first-order valence-electron chi connectivity index (χ1n) is 6.05. The maximum atomic E-state index is 10.8. The number of hydrogen-bond acceptors (Lipinski definition) is 3. The van der Waals surface area contributed by atoms with Crippen LogP contribution in [-0.2, 0) is 0 Å². The van der Waals surface area contributed by atoms with Gasteiger partial charge in [-0.25, -0.2) is 4.79 Å². The van der Waals surface area contributed by atoms with Gasteiger partial charge in [0.05, 0.1) is 0 Å². The van der Waals surface area contributed by atoms with Crippen LogP contribution in [0.15, 0.2) is 34.7 Å². The Bertz CT molecular complexity index is 578. The molecule has 0 saturated heterocycles. The predicted molar refractivity (Wildman–Crippen MR) is 70.6 cm³/mol. The fraction of sp³-hybridized carbons (Fsp3) is 0.267. The molecule has 1 unspecified atom stereocenters. The van der Waals surface area contributed by atoms with Gasteiger partial charge >= 0.3 is 5.97 Å². The molecular weight excluding hydrogens is 244 g/mol. The second-order valence-electron chi connectivity index (χ2n) is 4.49. The van der Waals surface area contributed by atoms with E-state index in [0.717, 1.165) is 16.9 Å². The number of aromatic carboxylic acids is 1. The van der Waals surface area contributed by atoms with Crippen molar-refractivity contribution in [3.63, 3.8) is 0 Å². The lowest BCUT2D eigenvalue weighted by Crippen LogP contribution is -2.04. The van der Waals surface area contributed by atoms with Gasteiger partial charge in [0, 0.05) is 0 Å². The van der Waals surface area contributed by atoms with Gasteiger partial charge in [-0.05, 0) is 44.0 Å². The third-order valence-electron chi connectivity index (χ3n) is 2.94. The summed E-state index contributed by atoms with van der Waals surface area (Å²) >= 11 is 0. The van der Waals surface area contributed by atoms with Gasteiger partial charge in [-0.1, -0.05) is 18.2 Å². The van der Waals surface area contributed by atoms with E-state index in [-0.39, 0.29) is 11.9 Å². The van der Waals surface area contributed by atoms with E-state index < -0.39 is 5.97 Å². The minimum absolute atomic E-state index is 0.0769. The first kappa shape index (κ1) is 13.2. The second-order valence-corrected chi connectivity index (χ2v) is 4.49. The monoisotopic (exact) mass is 260 g/mol. The highest BCUT2D eigenvalue weighted by Crippen LogP contribution is 2.28. The maximum absolute atomic E-state index is 10.8. The van der Waals surface area contributed by atoms with E-state index in [1.807, 2.05) is 39.0 Å². The fourth-order valence-electron chi connectivity index (χ4n) is 1.91. The molecule has 0 amide bonds. The van der Waals surface area contributed by atoms with Crippen molar-refractivity contribution in [3.8, 4) is 5.75 Å². The number of rotatable bonds is 4. The number of para-hydroxylation sites is 1. The number of carboxylic acids is 1. The summed E-state index contributed by atoms with van der Waals surface area (Å²) in [7, 11) is 0. The molecule has 0 aliphatic heterocycles. The normalized spacial score (nSPS) is 12.2. The second kappa shape index (κ2) is 5.18. The Balaban J connectivity index is 2.20. The quantitative estimate of drug-likeness (QED) is 0.909. The van der Waals surface area contributed by atoms with E-state index in [1.54, 1.807) is 6.07 Å². The Morgan fingerprint density at radius 3 is 2.37 bits per heavy atom. The molecule has 4 heteroatoms. The summed E-state index contributed by atoms with van der Waals surface area (Å²) in [5.41, 5.74) is 2.08. The van der Waals surface area contributed by atoms with E-state index in [4.69, 9.17) is 14.3 Å². The average molecular weight is 260 g/mol. The molecule has 1 heterocycles. The average Bonchev–Trinajstić information content (AvgIpc) is 2.83. The molecule has 0 aliphatic carbocycles. The van der Waals surface area contributed by atoms with Crippen LogP contribution in [-0.4, -0.2) is 11.1 Å². The van der Waals surface area contributed by atoms with Crippen molar-refractivity contribution in [1.82, 2.24) is 0 Å². The first-order chi connectivity index (χ1) is 8.99. The zero-order chi connectivity index (χ0) is 14.0. The highest BCUT2D eigenvalue weighted by molar-refractivity contribution is 5.84. The smallest absolute Gasteiger partial charge is 0.371 e. The van der Waals surface area contributed by atoms with Crippen LogP contribution in [0.3, 0.4) is 0 Å². The van der Waals surface area contributed by atoms with Crippen LogP contribution in [0.5, 0.6) is 5.75 Å². The van der Waals surface area contributed by atoms with Crippen LogP contribution in [0.25, 0.3) is 0 Å². The lowest BCUT2D eigenvalue weighted by atomic mass is 10.1. The van der Waals surface area contributed by atoms with Gasteiger partial charge in [-0.15, -0.1) is 0 Å². The molecule has 19 heavy (non-hydrogen) atoms. The van der Waals surface area contributed by atoms with Gasteiger partial charge in [-0.2, -0.15) is 0 Å². The van der Waals surface area contributed by atoms with Gasteiger partial charge in [0.2, 0.25) is 5.76 Å². The molecule has 1 N–H and O–H groups in total. The summed E-state index contributed by atoms with van der Waals surface area (Å²) in [6.07, 6.45) is -0.340. The summed E-state index contributed by atoms with van der Waals surface area (Å²) in [5, 5.41) is 8.82. The van der Waals surface area contributed by atoms with Gasteiger partial charge < -0.3 is 14.3 Å². The summed E-state index contributed by atoms with van der Waals surface area (Å²) in [6, 6.07) is 8.97. The molecule has 0 saturated carbocycles. The highest BCUT2D eigenvalue weighted by atomic mass is 16.5. The molecule has 0 bridgehead atoms. The molecule has 0 radical (unpaired) electrons.